The minimum Gasteiger partial charge on any atom is -0.478 e. The highest BCUT2D eigenvalue weighted by atomic mass is 16.6. The van der Waals surface area contributed by atoms with E-state index in [0.717, 1.165) is 0 Å². The first-order chi connectivity index (χ1) is 7.90. The van der Waals surface area contributed by atoms with E-state index in [9.17, 15) is 14.9 Å². The van der Waals surface area contributed by atoms with Crippen molar-refractivity contribution in [3.63, 3.8) is 0 Å². The molecule has 1 unspecified atom stereocenters. The average molecular weight is 240 g/mol. The molecule has 7 nitrogen and oxygen atoms in total. The number of rotatable bonds is 5. The molecule has 0 aliphatic carbocycles. The Labute approximate surface area is 97.2 Å². The second-order valence-corrected chi connectivity index (χ2v) is 3.57. The van der Waals surface area contributed by atoms with Crippen LogP contribution in [0.15, 0.2) is 18.3 Å². The van der Waals surface area contributed by atoms with Crippen molar-refractivity contribution in [3.8, 4) is 5.75 Å². The molecular formula is C10H12N2O5. The van der Waals surface area contributed by atoms with E-state index in [1.807, 2.05) is 0 Å². The number of hydrogen-bond acceptors (Lipinski definition) is 5. The summed E-state index contributed by atoms with van der Waals surface area (Å²) in [5, 5.41) is 19.7. The molecule has 0 saturated carbocycles. The maximum absolute atomic E-state index is 11.0. The number of carboxylic acid groups (broad SMARTS) is 1. The predicted molar refractivity (Wildman–Crippen MR) is 57.9 cm³/mol. The van der Waals surface area contributed by atoms with Crippen LogP contribution in [0.4, 0.5) is 5.82 Å². The van der Waals surface area contributed by atoms with E-state index in [4.69, 9.17) is 9.84 Å². The Hall–Kier alpha value is -2.18. The van der Waals surface area contributed by atoms with E-state index in [1.165, 1.54) is 25.3 Å². The van der Waals surface area contributed by atoms with Crippen molar-refractivity contribution in [1.82, 2.24) is 4.98 Å². The third-order valence-electron chi connectivity index (χ3n) is 2.39. The van der Waals surface area contributed by atoms with Gasteiger partial charge in [0.05, 0.1) is 0 Å². The molecule has 0 spiro atoms. The van der Waals surface area contributed by atoms with Crippen molar-refractivity contribution in [3.05, 3.63) is 28.4 Å². The first-order valence-corrected chi connectivity index (χ1v) is 4.92. The summed E-state index contributed by atoms with van der Waals surface area (Å²) < 4.78 is 5.20. The Morgan fingerprint density at radius 2 is 2.35 bits per heavy atom. The van der Waals surface area contributed by atoms with Crippen LogP contribution in [0.1, 0.15) is 20.3 Å². The molecule has 17 heavy (non-hydrogen) atoms. The Balaban J connectivity index is 3.10. The number of aromatic nitrogens is 1. The fourth-order valence-electron chi connectivity index (χ4n) is 1.11. The highest BCUT2D eigenvalue weighted by molar-refractivity contribution is 5.77. The van der Waals surface area contributed by atoms with Gasteiger partial charge in [-0.25, -0.2) is 4.79 Å². The molecule has 0 fully saturated rings. The summed E-state index contributed by atoms with van der Waals surface area (Å²) in [6.45, 7) is 2.97. The fourth-order valence-corrected chi connectivity index (χ4v) is 1.11. The van der Waals surface area contributed by atoms with Crippen LogP contribution in [-0.4, -0.2) is 26.6 Å². The van der Waals surface area contributed by atoms with Gasteiger partial charge < -0.3 is 20.0 Å². The highest BCUT2D eigenvalue weighted by Gasteiger charge is 2.35. The molecule has 0 saturated heterocycles. The molecule has 0 bridgehead atoms. The molecule has 1 rings (SSSR count). The second-order valence-electron chi connectivity index (χ2n) is 3.57. The highest BCUT2D eigenvalue weighted by Crippen LogP contribution is 2.28. The zero-order valence-electron chi connectivity index (χ0n) is 9.41. The summed E-state index contributed by atoms with van der Waals surface area (Å²) in [6.07, 6.45) is 1.42. The van der Waals surface area contributed by atoms with Crippen LogP contribution in [0.25, 0.3) is 0 Å². The number of carbonyl (C=O) groups is 1. The first-order valence-electron chi connectivity index (χ1n) is 4.92. The van der Waals surface area contributed by atoms with Crippen LogP contribution < -0.4 is 4.74 Å². The van der Waals surface area contributed by atoms with Crippen LogP contribution in [-0.2, 0) is 4.79 Å². The minimum atomic E-state index is -1.51. The molecule has 1 atom stereocenters. The summed E-state index contributed by atoms with van der Waals surface area (Å²) in [5.74, 6) is -1.82. The van der Waals surface area contributed by atoms with Gasteiger partial charge in [0.25, 0.3) is 0 Å². The van der Waals surface area contributed by atoms with Gasteiger partial charge in [-0.2, -0.15) is 0 Å². The quantitative estimate of drug-likeness (QED) is 0.619. The SMILES string of the molecule is CCC(C)(Oc1cccnc1[N+](=O)[O-])C(=O)O. The number of carboxylic acids is 1. The van der Waals surface area contributed by atoms with Crippen molar-refractivity contribution in [2.45, 2.75) is 25.9 Å². The molecule has 1 aromatic rings. The molecule has 0 aliphatic heterocycles. The Bertz CT molecular complexity index is 448. The second kappa shape index (κ2) is 4.77. The van der Waals surface area contributed by atoms with Gasteiger partial charge in [-0.3, -0.25) is 0 Å². The molecule has 1 N–H and O–H groups in total. The lowest BCUT2D eigenvalue weighted by Gasteiger charge is -2.24. The lowest BCUT2D eigenvalue weighted by atomic mass is 10.0. The van der Waals surface area contributed by atoms with E-state index < -0.39 is 22.3 Å². The summed E-state index contributed by atoms with van der Waals surface area (Å²) in [7, 11) is 0. The lowest BCUT2D eigenvalue weighted by Crippen LogP contribution is -2.40. The smallest absolute Gasteiger partial charge is 0.406 e. The van der Waals surface area contributed by atoms with Crippen molar-refractivity contribution < 1.29 is 19.6 Å². The molecule has 0 radical (unpaired) electrons. The summed E-state index contributed by atoms with van der Waals surface area (Å²) in [5.41, 5.74) is -1.51. The van der Waals surface area contributed by atoms with Gasteiger partial charge in [-0.15, -0.1) is 0 Å². The van der Waals surface area contributed by atoms with E-state index in [-0.39, 0.29) is 12.2 Å². The molecule has 92 valence electrons. The van der Waals surface area contributed by atoms with Gasteiger partial charge in [-0.05, 0) is 35.4 Å². The monoisotopic (exact) mass is 240 g/mol. The number of pyridine rings is 1. The normalized spacial score (nSPS) is 13.8. The average Bonchev–Trinajstić information content (AvgIpc) is 2.29. The topological polar surface area (TPSA) is 103 Å². The Morgan fingerprint density at radius 3 is 2.82 bits per heavy atom. The predicted octanol–water partition coefficient (Wildman–Crippen LogP) is 1.62. The van der Waals surface area contributed by atoms with Crippen LogP contribution in [0, 0.1) is 10.1 Å². The third kappa shape index (κ3) is 2.68. The largest absolute Gasteiger partial charge is 0.478 e. The van der Waals surface area contributed by atoms with Gasteiger partial charge in [0.2, 0.25) is 11.4 Å². The maximum Gasteiger partial charge on any atom is 0.406 e. The summed E-state index contributed by atoms with van der Waals surface area (Å²) in [4.78, 5) is 24.5. The third-order valence-corrected chi connectivity index (χ3v) is 2.39. The van der Waals surface area contributed by atoms with Gasteiger partial charge in [0.15, 0.2) is 0 Å². The van der Waals surface area contributed by atoms with Gasteiger partial charge in [-0.1, -0.05) is 6.92 Å². The standard InChI is InChI=1S/C10H12N2O5/c1-3-10(2,9(13)14)17-7-5-4-6-11-8(7)12(15)16/h4-6H,3H2,1-2H3,(H,13,14). The Morgan fingerprint density at radius 1 is 1.71 bits per heavy atom. The van der Waals surface area contributed by atoms with Crippen LogP contribution in [0.3, 0.4) is 0 Å². The summed E-state index contributed by atoms with van der Waals surface area (Å²) >= 11 is 0. The number of nitrogens with zero attached hydrogens (tertiary/aromatic N) is 2. The number of nitro groups is 1. The number of ether oxygens (including phenoxy) is 1. The zero-order valence-corrected chi connectivity index (χ0v) is 9.41. The van der Waals surface area contributed by atoms with E-state index in [1.54, 1.807) is 6.92 Å². The fraction of sp³-hybridized carbons (Fsp3) is 0.400. The molecule has 7 heteroatoms. The molecule has 1 heterocycles. The van der Waals surface area contributed by atoms with Crippen molar-refractivity contribution in [2.24, 2.45) is 0 Å². The van der Waals surface area contributed by atoms with Crippen molar-refractivity contribution in [2.75, 3.05) is 0 Å². The molecule has 1 aromatic heterocycles. The van der Waals surface area contributed by atoms with Gasteiger partial charge in [0.1, 0.15) is 6.20 Å². The number of hydrogen-bond donors (Lipinski definition) is 1. The zero-order chi connectivity index (χ0) is 13.1. The Kier molecular flexibility index (Phi) is 3.62. The molecule has 0 aliphatic rings. The lowest BCUT2D eigenvalue weighted by molar-refractivity contribution is -0.390. The number of aliphatic carboxylic acids is 1. The first kappa shape index (κ1) is 12.9. The van der Waals surface area contributed by atoms with E-state index in [0.29, 0.717) is 0 Å². The van der Waals surface area contributed by atoms with Gasteiger partial charge >= 0.3 is 11.8 Å². The van der Waals surface area contributed by atoms with Crippen molar-refractivity contribution in [1.29, 1.82) is 0 Å². The molecule has 0 amide bonds. The van der Waals surface area contributed by atoms with E-state index >= 15 is 0 Å². The maximum atomic E-state index is 11.0. The van der Waals surface area contributed by atoms with E-state index in [2.05, 4.69) is 4.98 Å². The van der Waals surface area contributed by atoms with Crippen molar-refractivity contribution >= 4 is 11.8 Å². The van der Waals surface area contributed by atoms with Crippen LogP contribution in [0.2, 0.25) is 0 Å². The minimum absolute atomic E-state index is 0.149. The summed E-state index contributed by atoms with van der Waals surface area (Å²) in [6, 6.07) is 2.77. The molecular weight excluding hydrogens is 228 g/mol. The van der Waals surface area contributed by atoms with Crippen LogP contribution in [0.5, 0.6) is 5.75 Å². The molecule has 0 aromatic carbocycles. The van der Waals surface area contributed by atoms with Gasteiger partial charge in [0, 0.05) is 0 Å². The van der Waals surface area contributed by atoms with Crippen LogP contribution >= 0.6 is 0 Å².